The Bertz CT molecular complexity index is 781. The van der Waals surface area contributed by atoms with Crippen LogP contribution in [0.4, 0.5) is 23.3 Å². The Kier molecular flexibility index (Phi) is 3.93. The molecule has 3 aromatic rings. The van der Waals surface area contributed by atoms with Crippen molar-refractivity contribution in [2.75, 3.05) is 10.6 Å². The van der Waals surface area contributed by atoms with E-state index in [1.807, 2.05) is 50.2 Å². The number of benzene rings is 1. The molecule has 2 aromatic heterocycles. The van der Waals surface area contributed by atoms with Gasteiger partial charge in [-0.25, -0.2) is 4.98 Å². The number of hydrogen-bond acceptors (Lipinski definition) is 5. The van der Waals surface area contributed by atoms with Gasteiger partial charge < -0.3 is 10.6 Å². The van der Waals surface area contributed by atoms with E-state index in [2.05, 4.69) is 30.8 Å². The smallest absolute Gasteiger partial charge is 0.229 e. The summed E-state index contributed by atoms with van der Waals surface area (Å²) < 4.78 is 0. The van der Waals surface area contributed by atoms with Gasteiger partial charge in [-0.05, 0) is 38.1 Å². The largest absolute Gasteiger partial charge is 0.324 e. The average Bonchev–Trinajstić information content (AvgIpc) is 2.86. The number of H-pyrrole nitrogens is 1. The fourth-order valence-electron chi connectivity index (χ4n) is 1.96. The van der Waals surface area contributed by atoms with Gasteiger partial charge in [0, 0.05) is 34.2 Å². The van der Waals surface area contributed by atoms with E-state index in [-0.39, 0.29) is 0 Å². The lowest BCUT2D eigenvalue weighted by molar-refractivity contribution is 1.04. The number of aromatic amines is 1. The number of anilines is 4. The zero-order valence-electron chi connectivity index (χ0n) is 12.2. The Morgan fingerprint density at radius 1 is 0.955 bits per heavy atom. The Morgan fingerprint density at radius 2 is 1.73 bits per heavy atom. The van der Waals surface area contributed by atoms with Crippen LogP contribution >= 0.6 is 11.6 Å². The van der Waals surface area contributed by atoms with Crippen LogP contribution in [0.2, 0.25) is 5.02 Å². The zero-order chi connectivity index (χ0) is 15.5. The van der Waals surface area contributed by atoms with Crippen LogP contribution in [0.1, 0.15) is 11.4 Å². The highest BCUT2D eigenvalue weighted by molar-refractivity contribution is 6.30. The van der Waals surface area contributed by atoms with Crippen molar-refractivity contribution < 1.29 is 0 Å². The second kappa shape index (κ2) is 6.03. The molecule has 0 aliphatic rings. The minimum Gasteiger partial charge on any atom is -0.324 e. The summed E-state index contributed by atoms with van der Waals surface area (Å²) in [5, 5.41) is 14.0. The molecule has 0 saturated carbocycles. The summed E-state index contributed by atoms with van der Waals surface area (Å²) in [7, 11) is 0. The average molecular weight is 315 g/mol. The summed E-state index contributed by atoms with van der Waals surface area (Å²) in [5.74, 6) is 1.90. The quantitative estimate of drug-likeness (QED) is 0.679. The standard InChI is InChI=1S/C15H15ClN6/c1-9-7-13(19-14-8-10(2)21-22-14)20-15(17-9)18-12-5-3-11(16)4-6-12/h3-8H,1-2H3,(H3,17,18,19,20,21,22). The molecule has 0 aliphatic carbocycles. The maximum atomic E-state index is 5.88. The number of aryl methyl sites for hydroxylation is 2. The molecule has 2 heterocycles. The molecule has 0 fully saturated rings. The lowest BCUT2D eigenvalue weighted by Gasteiger charge is -2.08. The van der Waals surface area contributed by atoms with Crippen molar-refractivity contribution in [1.29, 1.82) is 0 Å². The van der Waals surface area contributed by atoms with Gasteiger partial charge in [-0.2, -0.15) is 10.1 Å². The van der Waals surface area contributed by atoms with Gasteiger partial charge >= 0.3 is 0 Å². The predicted octanol–water partition coefficient (Wildman–Crippen LogP) is 3.96. The summed E-state index contributed by atoms with van der Waals surface area (Å²) in [6.45, 7) is 3.85. The molecule has 0 bridgehead atoms. The number of nitrogens with one attached hydrogen (secondary N) is 3. The van der Waals surface area contributed by atoms with Gasteiger partial charge in [0.1, 0.15) is 5.82 Å². The highest BCUT2D eigenvalue weighted by atomic mass is 35.5. The molecule has 0 amide bonds. The molecular weight excluding hydrogens is 300 g/mol. The van der Waals surface area contributed by atoms with Crippen molar-refractivity contribution in [2.24, 2.45) is 0 Å². The lowest BCUT2D eigenvalue weighted by atomic mass is 10.3. The highest BCUT2D eigenvalue weighted by Gasteiger charge is 2.05. The van der Waals surface area contributed by atoms with Crippen LogP contribution in [0, 0.1) is 13.8 Å². The fraction of sp³-hybridized carbons (Fsp3) is 0.133. The van der Waals surface area contributed by atoms with Crippen LogP contribution in [0.15, 0.2) is 36.4 Å². The first-order chi connectivity index (χ1) is 10.6. The van der Waals surface area contributed by atoms with Crippen molar-refractivity contribution in [3.63, 3.8) is 0 Å². The van der Waals surface area contributed by atoms with E-state index in [0.29, 0.717) is 22.6 Å². The summed E-state index contributed by atoms with van der Waals surface area (Å²) in [4.78, 5) is 8.81. The van der Waals surface area contributed by atoms with E-state index in [1.54, 1.807) is 0 Å². The van der Waals surface area contributed by atoms with Gasteiger partial charge in [0.25, 0.3) is 0 Å². The van der Waals surface area contributed by atoms with Crippen LogP contribution in [0.5, 0.6) is 0 Å². The number of rotatable bonds is 4. The molecule has 1 aromatic carbocycles. The van der Waals surface area contributed by atoms with Gasteiger partial charge in [-0.3, -0.25) is 5.10 Å². The third-order valence-electron chi connectivity index (χ3n) is 2.92. The minimum atomic E-state index is 0.511. The number of hydrogen-bond donors (Lipinski definition) is 3. The maximum Gasteiger partial charge on any atom is 0.229 e. The normalized spacial score (nSPS) is 10.5. The Morgan fingerprint density at radius 3 is 2.41 bits per heavy atom. The SMILES string of the molecule is Cc1cc(Nc2cc(C)[nH]n2)nc(Nc2ccc(Cl)cc2)n1. The minimum absolute atomic E-state index is 0.511. The molecule has 0 atom stereocenters. The van der Waals surface area contributed by atoms with E-state index in [1.165, 1.54) is 0 Å². The van der Waals surface area contributed by atoms with Crippen LogP contribution in [-0.4, -0.2) is 20.2 Å². The molecule has 22 heavy (non-hydrogen) atoms. The highest BCUT2D eigenvalue weighted by Crippen LogP contribution is 2.19. The van der Waals surface area contributed by atoms with Gasteiger partial charge in [0.15, 0.2) is 5.82 Å². The van der Waals surface area contributed by atoms with E-state index < -0.39 is 0 Å². The fourth-order valence-corrected chi connectivity index (χ4v) is 2.09. The number of halogens is 1. The third kappa shape index (κ3) is 3.53. The molecule has 0 spiro atoms. The summed E-state index contributed by atoms with van der Waals surface area (Å²) in [6, 6.07) is 11.1. The third-order valence-corrected chi connectivity index (χ3v) is 3.17. The maximum absolute atomic E-state index is 5.88. The van der Waals surface area contributed by atoms with E-state index in [9.17, 15) is 0 Å². The second-order valence-electron chi connectivity index (χ2n) is 4.91. The van der Waals surface area contributed by atoms with Crippen LogP contribution in [0.3, 0.4) is 0 Å². The molecule has 0 aliphatic heterocycles. The first-order valence-electron chi connectivity index (χ1n) is 6.76. The van der Waals surface area contributed by atoms with E-state index in [4.69, 9.17) is 11.6 Å². The summed E-state index contributed by atoms with van der Waals surface area (Å²) in [5.41, 5.74) is 2.70. The van der Waals surface area contributed by atoms with Gasteiger partial charge in [0.05, 0.1) is 0 Å². The summed E-state index contributed by atoms with van der Waals surface area (Å²) in [6.07, 6.45) is 0. The zero-order valence-corrected chi connectivity index (χ0v) is 12.9. The lowest BCUT2D eigenvalue weighted by Crippen LogP contribution is -2.02. The molecular formula is C15H15ClN6. The van der Waals surface area contributed by atoms with Crippen molar-refractivity contribution >= 4 is 34.9 Å². The molecule has 7 heteroatoms. The summed E-state index contributed by atoms with van der Waals surface area (Å²) >= 11 is 5.88. The second-order valence-corrected chi connectivity index (χ2v) is 5.35. The Balaban J connectivity index is 1.81. The molecule has 0 radical (unpaired) electrons. The Labute approximate surface area is 133 Å². The van der Waals surface area contributed by atoms with Gasteiger partial charge in [-0.15, -0.1) is 0 Å². The van der Waals surface area contributed by atoms with Crippen molar-refractivity contribution in [1.82, 2.24) is 20.2 Å². The van der Waals surface area contributed by atoms with Gasteiger partial charge in [-0.1, -0.05) is 11.6 Å². The van der Waals surface area contributed by atoms with Crippen molar-refractivity contribution in [3.05, 3.63) is 52.8 Å². The molecule has 0 unspecified atom stereocenters. The van der Waals surface area contributed by atoms with Crippen LogP contribution in [0.25, 0.3) is 0 Å². The molecule has 0 saturated heterocycles. The molecule has 3 N–H and O–H groups in total. The van der Waals surface area contributed by atoms with E-state index >= 15 is 0 Å². The predicted molar refractivity (Wildman–Crippen MR) is 88.1 cm³/mol. The topological polar surface area (TPSA) is 78.5 Å². The molecule has 6 nitrogen and oxygen atoms in total. The van der Waals surface area contributed by atoms with E-state index in [0.717, 1.165) is 17.1 Å². The van der Waals surface area contributed by atoms with Crippen LogP contribution in [-0.2, 0) is 0 Å². The number of aromatic nitrogens is 4. The van der Waals surface area contributed by atoms with Crippen LogP contribution < -0.4 is 10.6 Å². The Hall–Kier alpha value is -2.60. The first kappa shape index (κ1) is 14.3. The molecule has 112 valence electrons. The monoisotopic (exact) mass is 314 g/mol. The first-order valence-corrected chi connectivity index (χ1v) is 7.13. The number of nitrogens with zero attached hydrogens (tertiary/aromatic N) is 3. The van der Waals surface area contributed by atoms with Crippen molar-refractivity contribution in [3.8, 4) is 0 Å². The van der Waals surface area contributed by atoms with Crippen molar-refractivity contribution in [2.45, 2.75) is 13.8 Å². The molecule has 3 rings (SSSR count). The van der Waals surface area contributed by atoms with Gasteiger partial charge in [0.2, 0.25) is 5.95 Å².